The minimum atomic E-state index is -4.01. The molecule has 0 saturated carbocycles. The number of nitro groups is 1. The van der Waals surface area contributed by atoms with E-state index in [2.05, 4.69) is 5.32 Å². The molecule has 0 saturated heterocycles. The number of nitrogens with one attached hydrogen (secondary N) is 1. The largest absolute Gasteiger partial charge is 0.495 e. The second-order valence-corrected chi connectivity index (χ2v) is 7.32. The molecular formula is C16H16FN3O6S. The lowest BCUT2D eigenvalue weighted by atomic mass is 10.2. The highest BCUT2D eigenvalue weighted by Crippen LogP contribution is 2.33. The molecule has 2 rings (SSSR count). The molecule has 1 amide bonds. The van der Waals surface area contributed by atoms with E-state index in [1.165, 1.54) is 31.4 Å². The van der Waals surface area contributed by atoms with Gasteiger partial charge in [0.1, 0.15) is 23.8 Å². The maximum atomic E-state index is 13.7. The van der Waals surface area contributed by atoms with Crippen LogP contribution in [-0.2, 0) is 14.8 Å². The predicted molar refractivity (Wildman–Crippen MR) is 96.9 cm³/mol. The van der Waals surface area contributed by atoms with E-state index < -0.39 is 33.2 Å². The van der Waals surface area contributed by atoms with E-state index in [1.54, 1.807) is 0 Å². The average molecular weight is 397 g/mol. The number of nitro benzene ring substituents is 1. The normalized spacial score (nSPS) is 10.9. The SMILES string of the molecule is COc1ccc([N+](=O)[O-])cc1N(CC(=O)Nc1ccccc1F)S(C)(=O)=O. The van der Waals surface area contributed by atoms with Crippen LogP contribution in [0.15, 0.2) is 42.5 Å². The number of halogens is 1. The van der Waals surface area contributed by atoms with Crippen LogP contribution in [0.5, 0.6) is 5.75 Å². The Labute approximate surface area is 154 Å². The number of benzene rings is 2. The summed E-state index contributed by atoms with van der Waals surface area (Å²) in [5.41, 5.74) is -0.686. The molecule has 0 unspecified atom stereocenters. The zero-order chi connectivity index (χ0) is 20.2. The number of hydrogen-bond acceptors (Lipinski definition) is 6. The highest BCUT2D eigenvalue weighted by molar-refractivity contribution is 7.92. The molecule has 2 aromatic carbocycles. The lowest BCUT2D eigenvalue weighted by Crippen LogP contribution is -2.37. The quantitative estimate of drug-likeness (QED) is 0.565. The van der Waals surface area contributed by atoms with Gasteiger partial charge < -0.3 is 10.1 Å². The van der Waals surface area contributed by atoms with Crippen LogP contribution in [0.3, 0.4) is 0 Å². The van der Waals surface area contributed by atoms with E-state index in [9.17, 15) is 27.7 Å². The fraction of sp³-hybridized carbons (Fsp3) is 0.188. The Morgan fingerprint density at radius 2 is 1.96 bits per heavy atom. The summed E-state index contributed by atoms with van der Waals surface area (Å²) in [6.07, 6.45) is 0.835. The van der Waals surface area contributed by atoms with Crippen LogP contribution >= 0.6 is 0 Å². The molecule has 144 valence electrons. The van der Waals surface area contributed by atoms with Gasteiger partial charge in [-0.3, -0.25) is 19.2 Å². The first-order valence-electron chi connectivity index (χ1n) is 7.48. The maximum absolute atomic E-state index is 13.7. The van der Waals surface area contributed by atoms with E-state index in [-0.39, 0.29) is 22.8 Å². The van der Waals surface area contributed by atoms with Gasteiger partial charge in [0.15, 0.2) is 0 Å². The van der Waals surface area contributed by atoms with Gasteiger partial charge in [-0.2, -0.15) is 0 Å². The molecule has 0 aliphatic rings. The summed E-state index contributed by atoms with van der Waals surface area (Å²) in [5.74, 6) is -1.51. The number of carbonyl (C=O) groups excluding carboxylic acids is 1. The predicted octanol–water partition coefficient (Wildman–Crippen LogP) is 2.15. The Morgan fingerprint density at radius 3 is 2.52 bits per heavy atom. The minimum absolute atomic E-state index is 0.0183. The zero-order valence-electron chi connectivity index (χ0n) is 14.4. The Bertz CT molecular complexity index is 980. The fourth-order valence-electron chi connectivity index (χ4n) is 2.25. The van der Waals surface area contributed by atoms with Crippen LogP contribution in [0.2, 0.25) is 0 Å². The number of carbonyl (C=O) groups is 1. The van der Waals surface area contributed by atoms with Gasteiger partial charge in [0.25, 0.3) is 5.69 Å². The summed E-state index contributed by atoms with van der Waals surface area (Å²) >= 11 is 0. The summed E-state index contributed by atoms with van der Waals surface area (Å²) in [6.45, 7) is -0.731. The zero-order valence-corrected chi connectivity index (χ0v) is 15.2. The third-order valence-electron chi connectivity index (χ3n) is 3.48. The van der Waals surface area contributed by atoms with Crippen LogP contribution in [0, 0.1) is 15.9 Å². The molecule has 0 aromatic heterocycles. The van der Waals surface area contributed by atoms with Crippen molar-refractivity contribution in [2.45, 2.75) is 0 Å². The molecule has 0 bridgehead atoms. The lowest BCUT2D eigenvalue weighted by molar-refractivity contribution is -0.384. The average Bonchev–Trinajstić information content (AvgIpc) is 2.60. The number of non-ortho nitro benzene ring substituents is 1. The van der Waals surface area contributed by atoms with E-state index >= 15 is 0 Å². The standard InChI is InChI=1S/C16H16FN3O6S/c1-26-15-8-7-11(20(22)23)9-14(15)19(27(2,24)25)10-16(21)18-13-6-4-3-5-12(13)17/h3-9H,10H2,1-2H3,(H,18,21). The number of rotatable bonds is 7. The molecular weight excluding hydrogens is 381 g/mol. The van der Waals surface area contributed by atoms with Gasteiger partial charge in [0, 0.05) is 12.1 Å². The number of anilines is 2. The summed E-state index contributed by atoms with van der Waals surface area (Å²) in [4.78, 5) is 22.6. The van der Waals surface area contributed by atoms with Crippen molar-refractivity contribution in [2.75, 3.05) is 29.5 Å². The van der Waals surface area contributed by atoms with Crippen LogP contribution < -0.4 is 14.4 Å². The molecule has 2 aromatic rings. The van der Waals surface area contributed by atoms with Crippen molar-refractivity contribution in [2.24, 2.45) is 0 Å². The fourth-order valence-corrected chi connectivity index (χ4v) is 3.10. The Morgan fingerprint density at radius 1 is 1.30 bits per heavy atom. The number of methoxy groups -OCH3 is 1. The van der Waals surface area contributed by atoms with Crippen molar-refractivity contribution in [3.63, 3.8) is 0 Å². The number of amides is 1. The Kier molecular flexibility index (Phi) is 5.95. The van der Waals surface area contributed by atoms with Gasteiger partial charge in [-0.05, 0) is 18.2 Å². The highest BCUT2D eigenvalue weighted by atomic mass is 32.2. The van der Waals surface area contributed by atoms with Crippen molar-refractivity contribution >= 4 is 33.0 Å². The van der Waals surface area contributed by atoms with E-state index in [0.717, 1.165) is 24.5 Å². The van der Waals surface area contributed by atoms with Gasteiger partial charge in [-0.25, -0.2) is 12.8 Å². The van der Waals surface area contributed by atoms with Gasteiger partial charge in [-0.1, -0.05) is 12.1 Å². The van der Waals surface area contributed by atoms with Gasteiger partial charge in [0.05, 0.1) is 24.0 Å². The van der Waals surface area contributed by atoms with Crippen LogP contribution in [0.25, 0.3) is 0 Å². The maximum Gasteiger partial charge on any atom is 0.271 e. The van der Waals surface area contributed by atoms with Crippen LogP contribution in [-0.4, -0.2) is 39.2 Å². The summed E-state index contributed by atoms with van der Waals surface area (Å²) in [7, 11) is -2.76. The first-order valence-corrected chi connectivity index (χ1v) is 9.33. The van der Waals surface area contributed by atoms with Gasteiger partial charge in [-0.15, -0.1) is 0 Å². The van der Waals surface area contributed by atoms with Crippen molar-refractivity contribution in [1.29, 1.82) is 0 Å². The molecule has 1 N–H and O–H groups in total. The minimum Gasteiger partial charge on any atom is -0.495 e. The molecule has 0 atom stereocenters. The number of nitrogens with zero attached hydrogens (tertiary/aromatic N) is 2. The molecule has 0 heterocycles. The number of hydrogen-bond donors (Lipinski definition) is 1. The summed E-state index contributed by atoms with van der Waals surface area (Å²) in [6, 6.07) is 8.72. The van der Waals surface area contributed by atoms with E-state index in [1.807, 2.05) is 0 Å². The first kappa shape index (κ1) is 20.1. The van der Waals surface area contributed by atoms with Gasteiger partial charge >= 0.3 is 0 Å². The molecule has 0 fully saturated rings. The smallest absolute Gasteiger partial charge is 0.271 e. The van der Waals surface area contributed by atoms with Crippen molar-refractivity contribution in [1.82, 2.24) is 0 Å². The molecule has 0 aliphatic heterocycles. The topological polar surface area (TPSA) is 119 Å². The number of ether oxygens (including phenoxy) is 1. The third-order valence-corrected chi connectivity index (χ3v) is 4.60. The van der Waals surface area contributed by atoms with Gasteiger partial charge in [0.2, 0.25) is 15.9 Å². The number of para-hydroxylation sites is 1. The van der Waals surface area contributed by atoms with Crippen molar-refractivity contribution in [3.05, 3.63) is 58.4 Å². The second-order valence-electron chi connectivity index (χ2n) is 5.41. The second kappa shape index (κ2) is 7.99. The molecule has 27 heavy (non-hydrogen) atoms. The molecule has 11 heteroatoms. The van der Waals surface area contributed by atoms with Crippen LogP contribution in [0.1, 0.15) is 0 Å². The Hall–Kier alpha value is -3.21. The highest BCUT2D eigenvalue weighted by Gasteiger charge is 2.26. The molecule has 0 aliphatic carbocycles. The van der Waals surface area contributed by atoms with E-state index in [4.69, 9.17) is 4.74 Å². The Balaban J connectivity index is 2.39. The monoisotopic (exact) mass is 397 g/mol. The lowest BCUT2D eigenvalue weighted by Gasteiger charge is -2.23. The van der Waals surface area contributed by atoms with Crippen molar-refractivity contribution in [3.8, 4) is 5.75 Å². The molecule has 0 spiro atoms. The molecule has 9 nitrogen and oxygen atoms in total. The van der Waals surface area contributed by atoms with E-state index in [0.29, 0.717) is 4.31 Å². The molecule has 0 radical (unpaired) electrons. The number of sulfonamides is 1. The first-order chi connectivity index (χ1) is 12.6. The summed E-state index contributed by atoms with van der Waals surface area (Å²) < 4.78 is 43.7. The summed E-state index contributed by atoms with van der Waals surface area (Å²) in [5, 5.41) is 13.3. The van der Waals surface area contributed by atoms with Crippen LogP contribution in [0.4, 0.5) is 21.5 Å². The van der Waals surface area contributed by atoms with Crippen molar-refractivity contribution < 1.29 is 27.3 Å². The third kappa shape index (κ3) is 4.91.